The number of nitrogens with zero attached hydrogens (tertiary/aromatic N) is 1. The normalized spacial score (nSPS) is 23.1. The number of nitrogens with one attached hydrogen (secondary N) is 1. The van der Waals surface area contributed by atoms with Gasteiger partial charge >= 0.3 is 0 Å². The molecule has 0 radical (unpaired) electrons. The van der Waals surface area contributed by atoms with Gasteiger partial charge in [0.25, 0.3) is 5.91 Å². The zero-order valence-corrected chi connectivity index (χ0v) is 12.2. The number of carbonyl (C=O) groups is 2. The molecule has 6 heteroatoms. The molecule has 1 aromatic carbocycles. The van der Waals surface area contributed by atoms with Crippen molar-refractivity contribution in [1.82, 2.24) is 4.90 Å². The topological polar surface area (TPSA) is 49.4 Å². The van der Waals surface area contributed by atoms with Crippen LogP contribution in [0.1, 0.15) is 19.3 Å². The maximum atomic E-state index is 13.0. The van der Waals surface area contributed by atoms with E-state index in [0.29, 0.717) is 9.26 Å². The summed E-state index contributed by atoms with van der Waals surface area (Å²) in [6, 6.07) is 3.91. The van der Waals surface area contributed by atoms with Crippen LogP contribution in [0.3, 0.4) is 0 Å². The molecule has 1 unspecified atom stereocenters. The van der Waals surface area contributed by atoms with E-state index in [-0.39, 0.29) is 30.1 Å². The summed E-state index contributed by atoms with van der Waals surface area (Å²) in [6.07, 6.45) is 2.01. The quantitative estimate of drug-likeness (QED) is 0.652. The highest BCUT2D eigenvalue weighted by Gasteiger charge is 2.46. The molecule has 1 saturated heterocycles. The molecule has 1 aliphatic heterocycles. The maximum Gasteiger partial charge on any atom is 0.252 e. The number of anilines is 1. The predicted molar refractivity (Wildman–Crippen MR) is 76.0 cm³/mol. The Morgan fingerprint density at radius 2 is 2.05 bits per heavy atom. The average Bonchev–Trinajstić information content (AvgIpc) is 3.12. The number of halogens is 2. The van der Waals surface area contributed by atoms with Gasteiger partial charge in [0, 0.05) is 15.3 Å². The van der Waals surface area contributed by atoms with Gasteiger partial charge < -0.3 is 5.32 Å². The van der Waals surface area contributed by atoms with E-state index in [1.807, 2.05) is 22.6 Å². The van der Waals surface area contributed by atoms with Crippen LogP contribution < -0.4 is 5.32 Å². The molecule has 0 bridgehead atoms. The van der Waals surface area contributed by atoms with Crippen molar-refractivity contribution < 1.29 is 14.0 Å². The molecule has 19 heavy (non-hydrogen) atoms. The molecule has 0 spiro atoms. The third kappa shape index (κ3) is 2.45. The highest BCUT2D eigenvalue weighted by Crippen LogP contribution is 2.32. The lowest BCUT2D eigenvalue weighted by molar-refractivity contribution is -0.139. The molecule has 1 aromatic rings. The van der Waals surface area contributed by atoms with E-state index in [9.17, 15) is 14.0 Å². The van der Waals surface area contributed by atoms with Crippen molar-refractivity contribution in [2.45, 2.75) is 31.3 Å². The molecule has 1 saturated carbocycles. The smallest absolute Gasteiger partial charge is 0.252 e. The monoisotopic (exact) mass is 374 g/mol. The van der Waals surface area contributed by atoms with Gasteiger partial charge in [-0.25, -0.2) is 4.39 Å². The van der Waals surface area contributed by atoms with E-state index in [1.165, 1.54) is 17.0 Å². The maximum absolute atomic E-state index is 13.0. The summed E-state index contributed by atoms with van der Waals surface area (Å²) in [5.74, 6) is -0.585. The second kappa shape index (κ2) is 4.73. The Morgan fingerprint density at radius 3 is 2.68 bits per heavy atom. The first-order valence-electron chi connectivity index (χ1n) is 6.14. The van der Waals surface area contributed by atoms with Crippen molar-refractivity contribution in [2.24, 2.45) is 0 Å². The SMILES string of the molecule is O=C1CC(Nc2ccc(F)cc2I)C(=O)N1C1CC1. The van der Waals surface area contributed by atoms with E-state index in [0.717, 1.165) is 12.8 Å². The average molecular weight is 374 g/mol. The first kappa shape index (κ1) is 12.8. The number of amides is 2. The molecule has 1 N–H and O–H groups in total. The van der Waals surface area contributed by atoms with Crippen LogP contribution >= 0.6 is 22.6 Å². The molecular formula is C13H12FIN2O2. The zero-order valence-electron chi connectivity index (χ0n) is 10.0. The summed E-state index contributed by atoms with van der Waals surface area (Å²) < 4.78 is 13.7. The third-order valence-electron chi connectivity index (χ3n) is 3.36. The Labute approximate surface area is 123 Å². The van der Waals surface area contributed by atoms with Gasteiger partial charge in [0.15, 0.2) is 0 Å². The van der Waals surface area contributed by atoms with Gasteiger partial charge in [-0.2, -0.15) is 0 Å². The van der Waals surface area contributed by atoms with Crippen LogP contribution in [-0.2, 0) is 9.59 Å². The molecule has 2 amide bonds. The Morgan fingerprint density at radius 1 is 1.32 bits per heavy atom. The third-order valence-corrected chi connectivity index (χ3v) is 4.25. The highest BCUT2D eigenvalue weighted by atomic mass is 127. The first-order chi connectivity index (χ1) is 9.06. The molecule has 2 fully saturated rings. The van der Waals surface area contributed by atoms with Crippen LogP contribution in [0.5, 0.6) is 0 Å². The van der Waals surface area contributed by atoms with Crippen LogP contribution in [0.25, 0.3) is 0 Å². The van der Waals surface area contributed by atoms with E-state index in [2.05, 4.69) is 5.32 Å². The van der Waals surface area contributed by atoms with Crippen molar-refractivity contribution in [3.8, 4) is 0 Å². The van der Waals surface area contributed by atoms with Gasteiger partial charge in [0.1, 0.15) is 11.9 Å². The lowest BCUT2D eigenvalue weighted by Crippen LogP contribution is -2.36. The number of benzene rings is 1. The molecule has 0 aromatic heterocycles. The molecule has 2 aliphatic rings. The minimum atomic E-state index is -0.521. The summed E-state index contributed by atoms with van der Waals surface area (Å²) in [6.45, 7) is 0. The van der Waals surface area contributed by atoms with Crippen molar-refractivity contribution in [2.75, 3.05) is 5.32 Å². The molecule has 3 rings (SSSR count). The summed E-state index contributed by atoms with van der Waals surface area (Å²) in [5, 5.41) is 3.04. The minimum absolute atomic E-state index is 0.109. The Kier molecular flexibility index (Phi) is 3.20. The zero-order chi connectivity index (χ0) is 13.6. The number of hydrogen-bond donors (Lipinski definition) is 1. The van der Waals surface area contributed by atoms with Gasteiger partial charge in [-0.3, -0.25) is 14.5 Å². The molecule has 1 aliphatic carbocycles. The first-order valence-corrected chi connectivity index (χ1v) is 7.21. The lowest BCUT2D eigenvalue weighted by Gasteiger charge is -2.16. The van der Waals surface area contributed by atoms with Gasteiger partial charge in [0.05, 0.1) is 6.42 Å². The fourth-order valence-electron chi connectivity index (χ4n) is 2.27. The van der Waals surface area contributed by atoms with Crippen LogP contribution in [0.2, 0.25) is 0 Å². The molecule has 1 atom stereocenters. The van der Waals surface area contributed by atoms with Crippen LogP contribution in [0, 0.1) is 9.39 Å². The van der Waals surface area contributed by atoms with Crippen LogP contribution in [0.15, 0.2) is 18.2 Å². The highest BCUT2D eigenvalue weighted by molar-refractivity contribution is 14.1. The van der Waals surface area contributed by atoms with Crippen molar-refractivity contribution in [1.29, 1.82) is 0 Å². The largest absolute Gasteiger partial charge is 0.372 e. The van der Waals surface area contributed by atoms with E-state index in [4.69, 9.17) is 0 Å². The van der Waals surface area contributed by atoms with Crippen molar-refractivity contribution in [3.63, 3.8) is 0 Å². The van der Waals surface area contributed by atoms with Crippen LogP contribution in [-0.4, -0.2) is 28.8 Å². The Bertz CT molecular complexity index is 560. The Hall–Kier alpha value is -1.18. The van der Waals surface area contributed by atoms with Gasteiger partial charge in [-0.15, -0.1) is 0 Å². The molecule has 100 valence electrons. The summed E-state index contributed by atoms with van der Waals surface area (Å²) in [5.41, 5.74) is 0.686. The summed E-state index contributed by atoms with van der Waals surface area (Å²) >= 11 is 2.00. The fraction of sp³-hybridized carbons (Fsp3) is 0.385. The number of rotatable bonds is 3. The molecule has 1 heterocycles. The van der Waals surface area contributed by atoms with E-state index >= 15 is 0 Å². The molecule has 4 nitrogen and oxygen atoms in total. The lowest BCUT2D eigenvalue weighted by atomic mass is 10.2. The van der Waals surface area contributed by atoms with E-state index in [1.54, 1.807) is 6.07 Å². The summed E-state index contributed by atoms with van der Waals surface area (Å²) in [4.78, 5) is 25.3. The fourth-order valence-corrected chi connectivity index (χ4v) is 2.91. The standard InChI is InChI=1S/C13H12FIN2O2/c14-7-1-4-10(9(15)5-7)16-11-6-12(18)17(13(11)19)8-2-3-8/h1,4-5,8,11,16H,2-3,6H2. The van der Waals surface area contributed by atoms with Crippen molar-refractivity contribution in [3.05, 3.63) is 27.6 Å². The molecular weight excluding hydrogens is 362 g/mol. The second-order valence-electron chi connectivity index (χ2n) is 4.86. The van der Waals surface area contributed by atoms with Crippen molar-refractivity contribution >= 4 is 40.1 Å². The summed E-state index contributed by atoms with van der Waals surface area (Å²) in [7, 11) is 0. The van der Waals surface area contributed by atoms with Crippen LogP contribution in [0.4, 0.5) is 10.1 Å². The minimum Gasteiger partial charge on any atom is -0.372 e. The van der Waals surface area contributed by atoms with Gasteiger partial charge in [0.2, 0.25) is 5.91 Å². The Balaban J connectivity index is 1.76. The number of carbonyl (C=O) groups excluding carboxylic acids is 2. The predicted octanol–water partition coefficient (Wildman–Crippen LogP) is 2.13. The number of imide groups is 1. The number of hydrogen-bond acceptors (Lipinski definition) is 3. The van der Waals surface area contributed by atoms with Gasteiger partial charge in [-0.05, 0) is 53.6 Å². The second-order valence-corrected chi connectivity index (χ2v) is 6.02. The number of likely N-dealkylation sites (tertiary alicyclic amines) is 1. The van der Waals surface area contributed by atoms with Gasteiger partial charge in [-0.1, -0.05) is 0 Å². The van der Waals surface area contributed by atoms with E-state index < -0.39 is 6.04 Å².